The van der Waals surface area contributed by atoms with Crippen LogP contribution in [-0.2, 0) is 0 Å². The molecule has 0 aliphatic heterocycles. The summed E-state index contributed by atoms with van der Waals surface area (Å²) in [5, 5.41) is 18.3. The Morgan fingerprint density at radius 2 is 2.42 bits per heavy atom. The molecule has 0 aromatic carbocycles. The van der Waals surface area contributed by atoms with E-state index >= 15 is 0 Å². The molecule has 0 amide bonds. The van der Waals surface area contributed by atoms with Crippen molar-refractivity contribution in [2.24, 2.45) is 5.92 Å². The van der Waals surface area contributed by atoms with Gasteiger partial charge >= 0.3 is 0 Å². The molecule has 0 saturated carbocycles. The second-order valence-electron chi connectivity index (χ2n) is 3.45. The van der Waals surface area contributed by atoms with Crippen molar-refractivity contribution < 1.29 is 10.2 Å². The lowest BCUT2D eigenvalue weighted by Crippen LogP contribution is -2.21. The van der Waals surface area contributed by atoms with Gasteiger partial charge in [0.2, 0.25) is 0 Å². The Kier molecular flexibility index (Phi) is 3.06. The third-order valence-corrected chi connectivity index (χ3v) is 2.54. The van der Waals surface area contributed by atoms with Crippen LogP contribution in [0.2, 0.25) is 0 Å². The fourth-order valence-corrected chi connectivity index (χ4v) is 1.48. The van der Waals surface area contributed by atoms with Gasteiger partial charge in [0.25, 0.3) is 0 Å². The second kappa shape index (κ2) is 3.87. The van der Waals surface area contributed by atoms with Crippen LogP contribution in [0.5, 0.6) is 0 Å². The highest BCUT2D eigenvalue weighted by molar-refractivity contribution is 5.15. The van der Waals surface area contributed by atoms with Crippen molar-refractivity contribution in [2.45, 2.75) is 25.9 Å². The fourth-order valence-electron chi connectivity index (χ4n) is 1.48. The van der Waals surface area contributed by atoms with Crippen molar-refractivity contribution in [3.05, 3.63) is 23.8 Å². The highest BCUT2D eigenvalue weighted by atomic mass is 16.3. The maximum absolute atomic E-state index is 9.50. The third kappa shape index (κ3) is 1.96. The first-order valence-electron chi connectivity index (χ1n) is 4.28. The van der Waals surface area contributed by atoms with E-state index in [9.17, 15) is 5.11 Å². The summed E-state index contributed by atoms with van der Waals surface area (Å²) >= 11 is 0. The minimum absolute atomic E-state index is 0.0320. The van der Waals surface area contributed by atoms with Crippen molar-refractivity contribution in [3.63, 3.8) is 0 Å². The third-order valence-electron chi connectivity index (χ3n) is 2.54. The molecule has 1 aliphatic carbocycles. The molecule has 0 fully saturated rings. The van der Waals surface area contributed by atoms with E-state index in [-0.39, 0.29) is 18.6 Å². The van der Waals surface area contributed by atoms with E-state index in [1.165, 1.54) is 0 Å². The fraction of sp³-hybridized carbons (Fsp3) is 0.600. The highest BCUT2D eigenvalue weighted by Crippen LogP contribution is 2.28. The molecule has 0 aromatic rings. The van der Waals surface area contributed by atoms with Gasteiger partial charge in [-0.2, -0.15) is 0 Å². The van der Waals surface area contributed by atoms with Gasteiger partial charge in [-0.1, -0.05) is 12.7 Å². The Labute approximate surface area is 73.2 Å². The van der Waals surface area contributed by atoms with E-state index in [0.29, 0.717) is 6.42 Å². The van der Waals surface area contributed by atoms with Gasteiger partial charge in [-0.3, -0.25) is 0 Å². The Morgan fingerprint density at radius 1 is 1.75 bits per heavy atom. The zero-order valence-corrected chi connectivity index (χ0v) is 7.45. The van der Waals surface area contributed by atoms with Gasteiger partial charge in [-0.05, 0) is 36.8 Å². The number of rotatable bonds is 2. The number of aliphatic hydroxyl groups is 2. The summed E-state index contributed by atoms with van der Waals surface area (Å²) in [6.45, 7) is 5.73. The molecule has 1 aliphatic rings. The lowest BCUT2D eigenvalue weighted by molar-refractivity contribution is 0.170. The smallest absolute Gasteiger partial charge is 0.0753 e. The van der Waals surface area contributed by atoms with Crippen molar-refractivity contribution in [2.75, 3.05) is 6.61 Å². The molecule has 1 rings (SSSR count). The van der Waals surface area contributed by atoms with E-state index < -0.39 is 0 Å². The van der Waals surface area contributed by atoms with Crippen LogP contribution in [0.4, 0.5) is 0 Å². The van der Waals surface area contributed by atoms with Gasteiger partial charge in [0.15, 0.2) is 0 Å². The second-order valence-corrected chi connectivity index (χ2v) is 3.45. The van der Waals surface area contributed by atoms with Crippen LogP contribution in [0.1, 0.15) is 19.8 Å². The molecule has 0 radical (unpaired) electrons. The Balaban J connectivity index is 2.59. The van der Waals surface area contributed by atoms with E-state index in [4.69, 9.17) is 5.11 Å². The first kappa shape index (κ1) is 9.49. The normalized spacial score (nSPS) is 29.8. The van der Waals surface area contributed by atoms with Gasteiger partial charge in [-0.25, -0.2) is 0 Å². The van der Waals surface area contributed by atoms with Crippen LogP contribution < -0.4 is 0 Å². The van der Waals surface area contributed by atoms with Crippen LogP contribution in [0.25, 0.3) is 0 Å². The monoisotopic (exact) mass is 168 g/mol. The Hall–Kier alpha value is -0.600. The molecule has 2 heteroatoms. The van der Waals surface area contributed by atoms with Gasteiger partial charge in [0.1, 0.15) is 0 Å². The Morgan fingerprint density at radius 3 is 2.92 bits per heavy atom. The van der Waals surface area contributed by atoms with Crippen LogP contribution >= 0.6 is 0 Å². The minimum atomic E-state index is -0.341. The molecule has 0 unspecified atom stereocenters. The zero-order chi connectivity index (χ0) is 9.14. The van der Waals surface area contributed by atoms with Crippen LogP contribution in [-0.4, -0.2) is 22.9 Å². The number of hydrogen-bond acceptors (Lipinski definition) is 2. The van der Waals surface area contributed by atoms with Gasteiger partial charge < -0.3 is 10.2 Å². The summed E-state index contributed by atoms with van der Waals surface area (Å²) in [6.07, 6.45) is 3.30. The standard InChI is InChI=1S/C10H16O2/c1-7-3-4-9(5-10(7)12)8(2)6-11/h3,9-12H,2,4-6H2,1H3/t9-,10+/m1/s1. The average Bonchev–Trinajstić information content (AvgIpc) is 2.08. The molecular weight excluding hydrogens is 152 g/mol. The lowest BCUT2D eigenvalue weighted by Gasteiger charge is -2.25. The number of hydrogen-bond donors (Lipinski definition) is 2. The summed E-state index contributed by atoms with van der Waals surface area (Å²) in [6, 6.07) is 0. The highest BCUT2D eigenvalue weighted by Gasteiger charge is 2.21. The topological polar surface area (TPSA) is 40.5 Å². The summed E-state index contributed by atoms with van der Waals surface area (Å²) in [5.74, 6) is 0.258. The zero-order valence-electron chi connectivity index (χ0n) is 7.45. The molecule has 0 saturated heterocycles. The maximum Gasteiger partial charge on any atom is 0.0753 e. The van der Waals surface area contributed by atoms with E-state index in [2.05, 4.69) is 6.58 Å². The molecule has 68 valence electrons. The van der Waals surface area contributed by atoms with Crippen LogP contribution in [0.15, 0.2) is 23.8 Å². The molecule has 12 heavy (non-hydrogen) atoms. The molecular formula is C10H16O2. The summed E-state index contributed by atoms with van der Waals surface area (Å²) < 4.78 is 0. The number of aliphatic hydroxyl groups excluding tert-OH is 2. The molecule has 0 bridgehead atoms. The first-order chi connectivity index (χ1) is 5.65. The molecule has 2 atom stereocenters. The van der Waals surface area contributed by atoms with Crippen molar-refractivity contribution in [1.82, 2.24) is 0 Å². The summed E-state index contributed by atoms with van der Waals surface area (Å²) in [7, 11) is 0. The van der Waals surface area contributed by atoms with Crippen molar-refractivity contribution in [1.29, 1.82) is 0 Å². The summed E-state index contributed by atoms with van der Waals surface area (Å²) in [4.78, 5) is 0. The quantitative estimate of drug-likeness (QED) is 0.609. The lowest BCUT2D eigenvalue weighted by atomic mass is 9.84. The van der Waals surface area contributed by atoms with Gasteiger partial charge in [0.05, 0.1) is 12.7 Å². The minimum Gasteiger partial charge on any atom is -0.392 e. The van der Waals surface area contributed by atoms with Crippen molar-refractivity contribution in [3.8, 4) is 0 Å². The molecule has 0 heterocycles. The average molecular weight is 168 g/mol. The van der Waals surface area contributed by atoms with E-state index in [0.717, 1.165) is 17.6 Å². The predicted octanol–water partition coefficient (Wildman–Crippen LogP) is 1.25. The molecule has 0 spiro atoms. The van der Waals surface area contributed by atoms with E-state index in [1.807, 2.05) is 13.0 Å². The first-order valence-corrected chi connectivity index (χ1v) is 4.28. The van der Waals surface area contributed by atoms with Crippen LogP contribution in [0.3, 0.4) is 0 Å². The largest absolute Gasteiger partial charge is 0.392 e. The Bertz CT molecular complexity index is 206. The molecule has 2 nitrogen and oxygen atoms in total. The van der Waals surface area contributed by atoms with Gasteiger partial charge in [0, 0.05) is 0 Å². The summed E-state index contributed by atoms with van der Waals surface area (Å²) in [5.41, 5.74) is 1.87. The van der Waals surface area contributed by atoms with Gasteiger partial charge in [-0.15, -0.1) is 0 Å². The molecule has 0 aromatic heterocycles. The predicted molar refractivity (Wildman–Crippen MR) is 48.7 cm³/mol. The van der Waals surface area contributed by atoms with Crippen LogP contribution in [0, 0.1) is 5.92 Å². The molecule has 2 N–H and O–H groups in total. The maximum atomic E-state index is 9.50. The SMILES string of the molecule is C=C(CO)[C@@H]1CC=C(C)[C@@H](O)C1. The number of allylic oxidation sites excluding steroid dienone is 1. The van der Waals surface area contributed by atoms with E-state index in [1.54, 1.807) is 0 Å². The van der Waals surface area contributed by atoms with Crippen molar-refractivity contribution >= 4 is 0 Å².